The van der Waals surface area contributed by atoms with Crippen molar-refractivity contribution in [1.82, 2.24) is 0 Å². The molecule has 15 heavy (non-hydrogen) atoms. The summed E-state index contributed by atoms with van der Waals surface area (Å²) in [6.07, 6.45) is 5.09. The Bertz CT molecular complexity index is 432. The van der Waals surface area contributed by atoms with E-state index in [1.807, 2.05) is 31.2 Å². The lowest BCUT2D eigenvalue weighted by molar-refractivity contribution is 0.103. The number of carbonyl (C=O) groups is 1. The Morgan fingerprint density at radius 2 is 2.20 bits per heavy atom. The molecule has 0 radical (unpaired) electrons. The molecule has 2 rings (SSSR count). The first kappa shape index (κ1) is 9.97. The van der Waals surface area contributed by atoms with E-state index >= 15 is 0 Å². The second-order valence-corrected chi connectivity index (χ2v) is 3.97. The standard InChI is InChI=1S/C13H15NO/c1-9-11(7-4-8-12(9)14)13(15)10-5-2-3-6-10/h4-5,7-8H,2-3,6,14H2,1H3. The number of carbonyl (C=O) groups excluding carboxylic acids is 1. The van der Waals surface area contributed by atoms with Crippen LogP contribution >= 0.6 is 0 Å². The Balaban J connectivity index is 2.37. The van der Waals surface area contributed by atoms with Gasteiger partial charge in [-0.3, -0.25) is 4.79 Å². The van der Waals surface area contributed by atoms with Gasteiger partial charge in [0.1, 0.15) is 0 Å². The lowest BCUT2D eigenvalue weighted by Crippen LogP contribution is -2.05. The van der Waals surface area contributed by atoms with Crippen molar-refractivity contribution in [2.24, 2.45) is 0 Å². The molecule has 1 aliphatic rings. The van der Waals surface area contributed by atoms with Gasteiger partial charge >= 0.3 is 0 Å². The highest BCUT2D eigenvalue weighted by molar-refractivity contribution is 6.10. The van der Waals surface area contributed by atoms with E-state index in [-0.39, 0.29) is 5.78 Å². The largest absolute Gasteiger partial charge is 0.398 e. The number of hydrogen-bond donors (Lipinski definition) is 1. The highest BCUT2D eigenvalue weighted by Crippen LogP contribution is 2.25. The lowest BCUT2D eigenvalue weighted by atomic mass is 9.98. The molecule has 0 aromatic heterocycles. The molecule has 0 fully saturated rings. The van der Waals surface area contributed by atoms with Crippen LogP contribution in [0.3, 0.4) is 0 Å². The number of benzene rings is 1. The van der Waals surface area contributed by atoms with E-state index in [4.69, 9.17) is 5.73 Å². The summed E-state index contributed by atoms with van der Waals surface area (Å²) in [4.78, 5) is 12.1. The number of anilines is 1. The van der Waals surface area contributed by atoms with Gasteiger partial charge in [-0.25, -0.2) is 0 Å². The third-order valence-electron chi connectivity index (χ3n) is 2.95. The molecule has 78 valence electrons. The monoisotopic (exact) mass is 201 g/mol. The van der Waals surface area contributed by atoms with Crippen molar-refractivity contribution in [3.8, 4) is 0 Å². The minimum Gasteiger partial charge on any atom is -0.398 e. The van der Waals surface area contributed by atoms with Crippen LogP contribution in [-0.2, 0) is 0 Å². The first-order valence-electron chi connectivity index (χ1n) is 5.29. The van der Waals surface area contributed by atoms with Crippen LogP contribution in [0, 0.1) is 6.92 Å². The average molecular weight is 201 g/mol. The highest BCUT2D eigenvalue weighted by atomic mass is 16.1. The quantitative estimate of drug-likeness (QED) is 0.590. The van der Waals surface area contributed by atoms with E-state index in [1.54, 1.807) is 0 Å². The maximum absolute atomic E-state index is 12.1. The Labute approximate surface area is 89.8 Å². The maximum atomic E-state index is 12.1. The zero-order valence-electron chi connectivity index (χ0n) is 8.92. The molecule has 0 bridgehead atoms. The van der Waals surface area contributed by atoms with Gasteiger partial charge in [-0.1, -0.05) is 18.2 Å². The maximum Gasteiger partial charge on any atom is 0.189 e. The molecule has 2 heteroatoms. The SMILES string of the molecule is Cc1c(N)cccc1C(=O)C1=CCCC1. The van der Waals surface area contributed by atoms with Crippen molar-refractivity contribution in [3.63, 3.8) is 0 Å². The van der Waals surface area contributed by atoms with Crippen LogP contribution in [0.1, 0.15) is 35.2 Å². The molecular weight excluding hydrogens is 186 g/mol. The van der Waals surface area contributed by atoms with Crippen LogP contribution in [0.2, 0.25) is 0 Å². The highest BCUT2D eigenvalue weighted by Gasteiger charge is 2.17. The fraction of sp³-hybridized carbons (Fsp3) is 0.308. The van der Waals surface area contributed by atoms with E-state index in [2.05, 4.69) is 0 Å². The summed E-state index contributed by atoms with van der Waals surface area (Å²) in [5, 5.41) is 0. The van der Waals surface area contributed by atoms with E-state index in [9.17, 15) is 4.79 Å². The van der Waals surface area contributed by atoms with Crippen molar-refractivity contribution in [2.45, 2.75) is 26.2 Å². The fourth-order valence-corrected chi connectivity index (χ4v) is 1.95. The van der Waals surface area contributed by atoms with Crippen molar-refractivity contribution in [3.05, 3.63) is 41.0 Å². The Morgan fingerprint density at radius 1 is 1.40 bits per heavy atom. The zero-order chi connectivity index (χ0) is 10.8. The van der Waals surface area contributed by atoms with Gasteiger partial charge in [0.2, 0.25) is 0 Å². The van der Waals surface area contributed by atoms with Crippen LogP contribution < -0.4 is 5.73 Å². The first-order valence-corrected chi connectivity index (χ1v) is 5.29. The van der Waals surface area contributed by atoms with Crippen molar-refractivity contribution in [2.75, 3.05) is 5.73 Å². The summed E-state index contributed by atoms with van der Waals surface area (Å²) in [7, 11) is 0. The minimum atomic E-state index is 0.150. The van der Waals surface area contributed by atoms with Crippen LogP contribution in [0.5, 0.6) is 0 Å². The molecule has 0 amide bonds. The van der Waals surface area contributed by atoms with E-state index in [0.29, 0.717) is 5.69 Å². The molecule has 0 saturated heterocycles. The third-order valence-corrected chi connectivity index (χ3v) is 2.95. The molecule has 2 N–H and O–H groups in total. The van der Waals surface area contributed by atoms with Crippen LogP contribution in [0.15, 0.2) is 29.8 Å². The van der Waals surface area contributed by atoms with Gasteiger partial charge in [-0.05, 0) is 43.4 Å². The van der Waals surface area contributed by atoms with Crippen molar-refractivity contribution < 1.29 is 4.79 Å². The number of Topliss-reactive ketones (excluding diaryl/α,β-unsaturated/α-hetero) is 1. The van der Waals surface area contributed by atoms with Crippen molar-refractivity contribution in [1.29, 1.82) is 0 Å². The number of allylic oxidation sites excluding steroid dienone is 2. The number of nitrogens with two attached hydrogens (primary N) is 1. The smallest absolute Gasteiger partial charge is 0.189 e. The minimum absolute atomic E-state index is 0.150. The van der Waals surface area contributed by atoms with Gasteiger partial charge in [-0.15, -0.1) is 0 Å². The topological polar surface area (TPSA) is 43.1 Å². The molecule has 1 aromatic rings. The molecule has 0 saturated carbocycles. The summed E-state index contributed by atoms with van der Waals surface area (Å²) in [6, 6.07) is 5.52. The number of ketones is 1. The van der Waals surface area contributed by atoms with E-state index < -0.39 is 0 Å². The molecular formula is C13H15NO. The predicted molar refractivity (Wildman–Crippen MR) is 61.9 cm³/mol. The van der Waals surface area contributed by atoms with Crippen LogP contribution in [0.4, 0.5) is 5.69 Å². The molecule has 0 aliphatic heterocycles. The Hall–Kier alpha value is -1.57. The Morgan fingerprint density at radius 3 is 2.87 bits per heavy atom. The normalized spacial score (nSPS) is 15.1. The third kappa shape index (κ3) is 1.80. The lowest BCUT2D eigenvalue weighted by Gasteiger charge is -2.07. The second-order valence-electron chi connectivity index (χ2n) is 3.97. The molecule has 0 atom stereocenters. The number of nitrogen functional groups attached to an aromatic ring is 1. The summed E-state index contributed by atoms with van der Waals surface area (Å²) in [5.74, 6) is 0.150. The fourth-order valence-electron chi connectivity index (χ4n) is 1.95. The van der Waals surface area contributed by atoms with Crippen molar-refractivity contribution >= 4 is 11.5 Å². The summed E-state index contributed by atoms with van der Waals surface area (Å²) in [6.45, 7) is 1.90. The summed E-state index contributed by atoms with van der Waals surface area (Å²) in [5.41, 5.74) is 9.08. The molecule has 0 unspecified atom stereocenters. The van der Waals surface area contributed by atoms with Gasteiger partial charge in [0.25, 0.3) is 0 Å². The average Bonchev–Trinajstić information content (AvgIpc) is 2.74. The number of rotatable bonds is 2. The molecule has 1 aliphatic carbocycles. The van der Waals surface area contributed by atoms with Gasteiger partial charge in [-0.2, -0.15) is 0 Å². The first-order chi connectivity index (χ1) is 7.20. The summed E-state index contributed by atoms with van der Waals surface area (Å²) < 4.78 is 0. The van der Waals surface area contributed by atoms with Gasteiger partial charge < -0.3 is 5.73 Å². The number of hydrogen-bond acceptors (Lipinski definition) is 2. The predicted octanol–water partition coefficient (Wildman–Crippen LogP) is 2.87. The van der Waals surface area contributed by atoms with Crippen LogP contribution in [-0.4, -0.2) is 5.78 Å². The second kappa shape index (κ2) is 3.89. The Kier molecular flexibility index (Phi) is 2.58. The van der Waals surface area contributed by atoms with Crippen LogP contribution in [0.25, 0.3) is 0 Å². The molecule has 0 heterocycles. The zero-order valence-corrected chi connectivity index (χ0v) is 8.92. The molecule has 2 nitrogen and oxygen atoms in total. The molecule has 0 spiro atoms. The van der Waals surface area contributed by atoms with E-state index in [0.717, 1.165) is 36.0 Å². The van der Waals surface area contributed by atoms with E-state index in [1.165, 1.54) is 0 Å². The van der Waals surface area contributed by atoms with Gasteiger partial charge in [0, 0.05) is 11.3 Å². The summed E-state index contributed by atoms with van der Waals surface area (Å²) >= 11 is 0. The van der Waals surface area contributed by atoms with Gasteiger partial charge in [0.15, 0.2) is 5.78 Å². The van der Waals surface area contributed by atoms with Gasteiger partial charge in [0.05, 0.1) is 0 Å². The molecule has 1 aromatic carbocycles.